The quantitative estimate of drug-likeness (QED) is 0.725. The zero-order valence-electron chi connectivity index (χ0n) is 13.4. The number of rotatable bonds is 7. The third kappa shape index (κ3) is 3.84. The van der Waals surface area contributed by atoms with Gasteiger partial charge in [-0.2, -0.15) is 5.10 Å². The summed E-state index contributed by atoms with van der Waals surface area (Å²) in [6, 6.07) is 12.9. The smallest absolute Gasteiger partial charge is 0.258 e. The molecule has 3 aromatic rings. The number of furan rings is 1. The molecule has 0 radical (unpaired) electrons. The number of aromatic nitrogens is 2. The largest absolute Gasteiger partial charge is 0.484 e. The maximum absolute atomic E-state index is 12.1. The molecule has 124 valence electrons. The third-order valence-electron chi connectivity index (χ3n) is 3.66. The van der Waals surface area contributed by atoms with Crippen molar-refractivity contribution in [3.05, 3.63) is 72.4 Å². The first-order valence-corrected chi connectivity index (χ1v) is 7.71. The van der Waals surface area contributed by atoms with Gasteiger partial charge >= 0.3 is 0 Å². The average Bonchev–Trinajstić information content (AvgIpc) is 3.28. The molecule has 3 rings (SSSR count). The molecule has 0 spiro atoms. The van der Waals surface area contributed by atoms with Crippen LogP contribution in [0.15, 0.2) is 65.5 Å². The van der Waals surface area contributed by atoms with E-state index < -0.39 is 0 Å². The van der Waals surface area contributed by atoms with Crippen LogP contribution in [0.1, 0.15) is 17.4 Å². The summed E-state index contributed by atoms with van der Waals surface area (Å²) >= 11 is 0. The summed E-state index contributed by atoms with van der Waals surface area (Å²) in [6.07, 6.45) is 5.14. The Balaban J connectivity index is 1.57. The minimum Gasteiger partial charge on any atom is -0.484 e. The molecule has 0 saturated heterocycles. The predicted octanol–water partition coefficient (Wildman–Crippen LogP) is 2.57. The first kappa shape index (κ1) is 15.9. The number of carbonyl (C=O) groups excluding carboxylic acids is 1. The van der Waals surface area contributed by atoms with Gasteiger partial charge in [-0.3, -0.25) is 9.48 Å². The first-order valence-electron chi connectivity index (χ1n) is 7.71. The lowest BCUT2D eigenvalue weighted by atomic mass is 10.2. The number of hydrogen-bond acceptors (Lipinski definition) is 4. The van der Waals surface area contributed by atoms with Gasteiger partial charge in [-0.15, -0.1) is 0 Å². The van der Waals surface area contributed by atoms with Crippen LogP contribution in [0, 0.1) is 6.92 Å². The van der Waals surface area contributed by atoms with Gasteiger partial charge in [0, 0.05) is 18.9 Å². The van der Waals surface area contributed by atoms with Crippen molar-refractivity contribution in [1.82, 2.24) is 15.1 Å². The van der Waals surface area contributed by atoms with E-state index in [0.717, 1.165) is 11.3 Å². The van der Waals surface area contributed by atoms with Crippen LogP contribution in [-0.4, -0.2) is 28.8 Å². The second kappa shape index (κ2) is 7.50. The maximum atomic E-state index is 12.1. The van der Waals surface area contributed by atoms with Crippen LogP contribution in [0.3, 0.4) is 0 Å². The van der Waals surface area contributed by atoms with Crippen molar-refractivity contribution >= 4 is 5.91 Å². The minimum atomic E-state index is -0.197. The second-order valence-corrected chi connectivity index (χ2v) is 5.38. The summed E-state index contributed by atoms with van der Waals surface area (Å²) in [5, 5.41) is 7.09. The topological polar surface area (TPSA) is 69.3 Å². The molecule has 1 amide bonds. The highest BCUT2D eigenvalue weighted by atomic mass is 16.5. The molecular formula is C18H19N3O3. The van der Waals surface area contributed by atoms with E-state index in [1.54, 1.807) is 17.1 Å². The van der Waals surface area contributed by atoms with Gasteiger partial charge in [-0.05, 0) is 36.8 Å². The number of nitrogens with zero attached hydrogens (tertiary/aromatic N) is 2. The van der Waals surface area contributed by atoms with Gasteiger partial charge < -0.3 is 14.5 Å². The molecule has 1 N–H and O–H groups in total. The van der Waals surface area contributed by atoms with E-state index in [1.807, 2.05) is 55.6 Å². The summed E-state index contributed by atoms with van der Waals surface area (Å²) in [6.45, 7) is 2.28. The van der Waals surface area contributed by atoms with Gasteiger partial charge in [0.1, 0.15) is 17.6 Å². The average molecular weight is 325 g/mol. The number of aryl methyl sites for hydroxylation is 1. The summed E-state index contributed by atoms with van der Waals surface area (Å²) in [5.41, 5.74) is 0.996. The molecule has 0 fully saturated rings. The van der Waals surface area contributed by atoms with Crippen LogP contribution in [0.25, 0.3) is 0 Å². The summed E-state index contributed by atoms with van der Waals surface area (Å²) < 4.78 is 12.8. The number of ether oxygens (including phenoxy) is 1. The van der Waals surface area contributed by atoms with Crippen molar-refractivity contribution in [3.63, 3.8) is 0 Å². The summed E-state index contributed by atoms with van der Waals surface area (Å²) in [7, 11) is 0. The molecule has 0 bridgehead atoms. The van der Waals surface area contributed by atoms with Gasteiger partial charge in [0.05, 0.1) is 6.26 Å². The standard InChI is InChI=1S/C18H19N3O3/c1-14-6-2-3-7-16(14)24-13-18(22)19-12-15(17-8-4-11-23-17)21-10-5-9-20-21/h2-11,15H,12-13H2,1H3,(H,19,22)/t15-/m1/s1. The number of benzene rings is 1. The number of para-hydroxylation sites is 1. The molecule has 6 nitrogen and oxygen atoms in total. The monoisotopic (exact) mass is 325 g/mol. The normalized spacial score (nSPS) is 11.9. The minimum absolute atomic E-state index is 0.0329. The van der Waals surface area contributed by atoms with E-state index in [2.05, 4.69) is 10.4 Å². The molecule has 0 unspecified atom stereocenters. The third-order valence-corrected chi connectivity index (χ3v) is 3.66. The molecule has 2 heterocycles. The van der Waals surface area contributed by atoms with Crippen LogP contribution < -0.4 is 10.1 Å². The van der Waals surface area contributed by atoms with E-state index >= 15 is 0 Å². The fourth-order valence-electron chi connectivity index (χ4n) is 2.39. The van der Waals surface area contributed by atoms with E-state index in [9.17, 15) is 4.79 Å². The van der Waals surface area contributed by atoms with Gasteiger partial charge in [0.2, 0.25) is 0 Å². The summed E-state index contributed by atoms with van der Waals surface area (Å²) in [4.78, 5) is 12.1. The highest BCUT2D eigenvalue weighted by molar-refractivity contribution is 5.77. The lowest BCUT2D eigenvalue weighted by molar-refractivity contribution is -0.123. The Labute approximate surface area is 140 Å². The van der Waals surface area contributed by atoms with Gasteiger partial charge in [-0.1, -0.05) is 18.2 Å². The zero-order chi connectivity index (χ0) is 16.8. The molecular weight excluding hydrogens is 306 g/mol. The molecule has 2 aromatic heterocycles. The molecule has 24 heavy (non-hydrogen) atoms. The Morgan fingerprint density at radius 2 is 2.17 bits per heavy atom. The number of hydrogen-bond donors (Lipinski definition) is 1. The molecule has 0 saturated carbocycles. The van der Waals surface area contributed by atoms with Crippen molar-refractivity contribution < 1.29 is 13.9 Å². The molecule has 0 aliphatic heterocycles. The van der Waals surface area contributed by atoms with E-state index in [1.165, 1.54) is 0 Å². The number of nitrogens with one attached hydrogen (secondary N) is 1. The van der Waals surface area contributed by atoms with Gasteiger partial charge in [0.25, 0.3) is 5.91 Å². The summed E-state index contributed by atoms with van der Waals surface area (Å²) in [5.74, 6) is 1.25. The number of carbonyl (C=O) groups is 1. The second-order valence-electron chi connectivity index (χ2n) is 5.38. The Morgan fingerprint density at radius 3 is 2.88 bits per heavy atom. The zero-order valence-corrected chi connectivity index (χ0v) is 13.4. The van der Waals surface area contributed by atoms with Crippen molar-refractivity contribution in [2.45, 2.75) is 13.0 Å². The lowest BCUT2D eigenvalue weighted by Gasteiger charge is -2.16. The Bertz CT molecular complexity index is 732. The fourth-order valence-corrected chi connectivity index (χ4v) is 2.39. The first-order chi connectivity index (χ1) is 11.7. The van der Waals surface area contributed by atoms with E-state index in [-0.39, 0.29) is 18.6 Å². The Hall–Kier alpha value is -3.02. The maximum Gasteiger partial charge on any atom is 0.258 e. The van der Waals surface area contributed by atoms with Crippen LogP contribution >= 0.6 is 0 Å². The highest BCUT2D eigenvalue weighted by Crippen LogP contribution is 2.18. The van der Waals surface area contributed by atoms with Crippen LogP contribution in [-0.2, 0) is 4.79 Å². The SMILES string of the molecule is Cc1ccccc1OCC(=O)NC[C@H](c1ccco1)n1cccn1. The highest BCUT2D eigenvalue weighted by Gasteiger charge is 2.18. The molecule has 1 aromatic carbocycles. The van der Waals surface area contributed by atoms with Crippen LogP contribution in [0.5, 0.6) is 5.75 Å². The van der Waals surface area contributed by atoms with Crippen molar-refractivity contribution in [2.24, 2.45) is 0 Å². The number of amides is 1. The molecule has 0 aliphatic rings. The van der Waals surface area contributed by atoms with E-state index in [0.29, 0.717) is 12.3 Å². The molecule has 0 aliphatic carbocycles. The van der Waals surface area contributed by atoms with Crippen LogP contribution in [0.4, 0.5) is 0 Å². The molecule has 1 atom stereocenters. The Morgan fingerprint density at radius 1 is 1.29 bits per heavy atom. The molecule has 6 heteroatoms. The van der Waals surface area contributed by atoms with Crippen LogP contribution in [0.2, 0.25) is 0 Å². The Kier molecular flexibility index (Phi) is 4.96. The predicted molar refractivity (Wildman–Crippen MR) is 88.8 cm³/mol. The van der Waals surface area contributed by atoms with Crippen molar-refractivity contribution in [3.8, 4) is 5.75 Å². The van der Waals surface area contributed by atoms with Gasteiger partial charge in [0.15, 0.2) is 6.61 Å². The lowest BCUT2D eigenvalue weighted by Crippen LogP contribution is -2.34. The fraction of sp³-hybridized carbons (Fsp3) is 0.222. The van der Waals surface area contributed by atoms with Crippen molar-refractivity contribution in [1.29, 1.82) is 0 Å². The van der Waals surface area contributed by atoms with Crippen molar-refractivity contribution in [2.75, 3.05) is 13.2 Å². The van der Waals surface area contributed by atoms with Gasteiger partial charge in [-0.25, -0.2) is 0 Å². The van der Waals surface area contributed by atoms with E-state index in [4.69, 9.17) is 9.15 Å².